The Morgan fingerprint density at radius 3 is 2.50 bits per heavy atom. The smallest absolute Gasteiger partial charge is 0.179 e. The Morgan fingerprint density at radius 2 is 2.50 bits per heavy atom. The van der Waals surface area contributed by atoms with Gasteiger partial charge in [0, 0.05) is 0 Å². The second kappa shape index (κ2) is 2.95. The zero-order chi connectivity index (χ0) is 4.99. The highest BCUT2D eigenvalue weighted by Crippen LogP contribution is 1.93. The maximum atomic E-state index is 9.67. The number of alkyl halides is 1. The zero-order valence-corrected chi connectivity index (χ0v) is 3.77. The molecule has 0 aromatic carbocycles. The van der Waals surface area contributed by atoms with Crippen molar-refractivity contribution >= 4 is 11.6 Å². The van der Waals surface area contributed by atoms with Gasteiger partial charge in [-0.25, -0.2) is 5.11 Å². The molecular formula is C3H3ClNO. The van der Waals surface area contributed by atoms with Gasteiger partial charge in [0.1, 0.15) is 0 Å². The molecule has 0 spiro atoms. The number of halogens is 1. The highest BCUT2D eigenvalue weighted by molar-refractivity contribution is 6.19. The molecule has 0 bridgehead atoms. The number of nitriles is 1. The fourth-order valence-electron chi connectivity index (χ4n) is 0.0718. The molecule has 0 aromatic rings. The van der Waals surface area contributed by atoms with E-state index in [1.165, 1.54) is 0 Å². The quantitative estimate of drug-likeness (QED) is 0.456. The summed E-state index contributed by atoms with van der Waals surface area (Å²) in [5.41, 5.74) is -1.24. The molecule has 6 heavy (non-hydrogen) atoms. The molecule has 0 heterocycles. The summed E-state index contributed by atoms with van der Waals surface area (Å²) in [6.07, 6.45) is -0.110. The van der Waals surface area contributed by atoms with E-state index in [1.807, 2.05) is 0 Å². The summed E-state index contributed by atoms with van der Waals surface area (Å²) in [4.78, 5) is 0. The van der Waals surface area contributed by atoms with E-state index in [-0.39, 0.29) is 6.42 Å². The van der Waals surface area contributed by atoms with Crippen LogP contribution in [0.2, 0.25) is 0 Å². The van der Waals surface area contributed by atoms with Crippen molar-refractivity contribution in [3.63, 3.8) is 0 Å². The van der Waals surface area contributed by atoms with Crippen LogP contribution in [0.3, 0.4) is 0 Å². The van der Waals surface area contributed by atoms with E-state index in [9.17, 15) is 5.11 Å². The third-order valence-corrected chi connectivity index (χ3v) is 0.406. The molecule has 0 aliphatic carbocycles. The van der Waals surface area contributed by atoms with Crippen molar-refractivity contribution in [2.75, 3.05) is 0 Å². The van der Waals surface area contributed by atoms with Crippen LogP contribution in [-0.4, -0.2) is 5.56 Å². The Kier molecular flexibility index (Phi) is 2.82. The lowest BCUT2D eigenvalue weighted by molar-refractivity contribution is 0.163. The molecule has 1 unspecified atom stereocenters. The molecule has 3 heteroatoms. The molecule has 0 rings (SSSR count). The van der Waals surface area contributed by atoms with Crippen molar-refractivity contribution < 1.29 is 5.11 Å². The predicted molar refractivity (Wildman–Crippen MR) is 20.6 cm³/mol. The first-order valence-corrected chi connectivity index (χ1v) is 1.88. The van der Waals surface area contributed by atoms with E-state index in [0.717, 1.165) is 0 Å². The van der Waals surface area contributed by atoms with Crippen LogP contribution in [0.4, 0.5) is 0 Å². The van der Waals surface area contributed by atoms with Crippen LogP contribution >= 0.6 is 11.6 Å². The third kappa shape index (κ3) is 3.74. The maximum Gasteiger partial charge on any atom is 0.179 e. The van der Waals surface area contributed by atoms with Gasteiger partial charge in [0.05, 0.1) is 12.5 Å². The molecule has 2 nitrogen and oxygen atoms in total. The standard InChI is InChI=1S/C3H3ClNO/c4-3(6)1-2-5/h3H,1H2. The Hall–Kier alpha value is -0.260. The fraction of sp³-hybridized carbons (Fsp3) is 0.667. The minimum atomic E-state index is -1.24. The van der Waals surface area contributed by atoms with Crippen LogP contribution in [0.1, 0.15) is 6.42 Å². The summed E-state index contributed by atoms with van der Waals surface area (Å²) in [7, 11) is 0. The first-order valence-electron chi connectivity index (χ1n) is 1.44. The summed E-state index contributed by atoms with van der Waals surface area (Å²) < 4.78 is 0. The van der Waals surface area contributed by atoms with Crippen molar-refractivity contribution in [1.82, 2.24) is 0 Å². The minimum absolute atomic E-state index is 0.110. The van der Waals surface area contributed by atoms with Gasteiger partial charge in [-0.3, -0.25) is 0 Å². The average Bonchev–Trinajstić information content (AvgIpc) is 1.35. The largest absolute Gasteiger partial charge is 0.214 e. The number of rotatable bonds is 1. The molecule has 1 atom stereocenters. The van der Waals surface area contributed by atoms with Crippen molar-refractivity contribution in [2.45, 2.75) is 12.0 Å². The van der Waals surface area contributed by atoms with Crippen LogP contribution in [0.5, 0.6) is 0 Å². The van der Waals surface area contributed by atoms with E-state index >= 15 is 0 Å². The molecule has 0 aliphatic rings. The summed E-state index contributed by atoms with van der Waals surface area (Å²) in [5.74, 6) is 0. The maximum absolute atomic E-state index is 9.67. The Labute approximate surface area is 41.0 Å². The van der Waals surface area contributed by atoms with E-state index in [1.54, 1.807) is 6.07 Å². The van der Waals surface area contributed by atoms with Gasteiger partial charge in [0.15, 0.2) is 5.56 Å². The molecule has 0 aromatic heterocycles. The lowest BCUT2D eigenvalue weighted by Crippen LogP contribution is -1.87. The van der Waals surface area contributed by atoms with Crippen LogP contribution < -0.4 is 0 Å². The van der Waals surface area contributed by atoms with Gasteiger partial charge in [-0.2, -0.15) is 5.26 Å². The highest BCUT2D eigenvalue weighted by Gasteiger charge is 1.93. The molecule has 33 valence electrons. The van der Waals surface area contributed by atoms with Crippen LogP contribution in [0.25, 0.3) is 0 Å². The van der Waals surface area contributed by atoms with E-state index in [0.29, 0.717) is 0 Å². The normalized spacial score (nSPS) is 12.8. The molecule has 0 aliphatic heterocycles. The topological polar surface area (TPSA) is 43.7 Å². The summed E-state index contributed by atoms with van der Waals surface area (Å²) >= 11 is 4.80. The summed E-state index contributed by atoms with van der Waals surface area (Å²) in [6.45, 7) is 0. The second-order valence-electron chi connectivity index (χ2n) is 0.772. The van der Waals surface area contributed by atoms with Crippen molar-refractivity contribution in [3.8, 4) is 6.07 Å². The first-order chi connectivity index (χ1) is 2.77. The van der Waals surface area contributed by atoms with Crippen LogP contribution in [0, 0.1) is 11.3 Å². The van der Waals surface area contributed by atoms with Gasteiger partial charge in [-0.15, -0.1) is 0 Å². The highest BCUT2D eigenvalue weighted by atomic mass is 35.5. The van der Waals surface area contributed by atoms with Crippen molar-refractivity contribution in [2.24, 2.45) is 0 Å². The van der Waals surface area contributed by atoms with Gasteiger partial charge in [-0.05, 0) is 0 Å². The molecule has 0 fully saturated rings. The average molecular weight is 105 g/mol. The third-order valence-electron chi connectivity index (χ3n) is 0.252. The summed E-state index contributed by atoms with van der Waals surface area (Å²) in [6, 6.07) is 1.62. The Bertz CT molecular complexity index is 65.7. The molecule has 0 amide bonds. The van der Waals surface area contributed by atoms with Gasteiger partial charge < -0.3 is 0 Å². The molecule has 1 radical (unpaired) electrons. The van der Waals surface area contributed by atoms with Crippen molar-refractivity contribution in [1.29, 1.82) is 5.26 Å². The predicted octanol–water partition coefficient (Wildman–Crippen LogP) is 0.895. The lowest BCUT2D eigenvalue weighted by atomic mass is 10.5. The minimum Gasteiger partial charge on any atom is -0.214 e. The first kappa shape index (κ1) is 5.74. The molecule has 0 saturated heterocycles. The number of hydrogen-bond donors (Lipinski definition) is 0. The fourth-order valence-corrected chi connectivity index (χ4v) is 0.141. The van der Waals surface area contributed by atoms with Crippen LogP contribution in [0.15, 0.2) is 0 Å². The Balaban J connectivity index is 2.88. The zero-order valence-electron chi connectivity index (χ0n) is 3.02. The molecular weight excluding hydrogens is 101 g/mol. The molecule has 0 saturated carbocycles. The SMILES string of the molecule is N#CCC([O])Cl. The summed E-state index contributed by atoms with van der Waals surface area (Å²) in [5, 5.41) is 17.4. The van der Waals surface area contributed by atoms with Crippen LogP contribution in [-0.2, 0) is 5.11 Å². The van der Waals surface area contributed by atoms with Gasteiger partial charge in [0.25, 0.3) is 0 Å². The number of hydrogen-bond acceptors (Lipinski definition) is 1. The van der Waals surface area contributed by atoms with E-state index in [2.05, 4.69) is 0 Å². The van der Waals surface area contributed by atoms with Crippen molar-refractivity contribution in [3.05, 3.63) is 0 Å². The van der Waals surface area contributed by atoms with E-state index < -0.39 is 5.56 Å². The number of nitrogens with zero attached hydrogens (tertiary/aromatic N) is 1. The monoisotopic (exact) mass is 104 g/mol. The van der Waals surface area contributed by atoms with Gasteiger partial charge >= 0.3 is 0 Å². The molecule has 0 N–H and O–H groups in total. The van der Waals surface area contributed by atoms with Gasteiger partial charge in [0.2, 0.25) is 0 Å². The Morgan fingerprint density at radius 1 is 2.00 bits per heavy atom. The van der Waals surface area contributed by atoms with E-state index in [4.69, 9.17) is 16.9 Å². The lowest BCUT2D eigenvalue weighted by Gasteiger charge is -1.81. The van der Waals surface area contributed by atoms with Gasteiger partial charge in [-0.1, -0.05) is 11.6 Å². The second-order valence-corrected chi connectivity index (χ2v) is 1.26.